The highest BCUT2D eigenvalue weighted by Crippen LogP contribution is 2.27. The van der Waals surface area contributed by atoms with Crippen LogP contribution in [0.2, 0.25) is 5.02 Å². The molecule has 112 valence electrons. The van der Waals surface area contributed by atoms with E-state index in [9.17, 15) is 8.42 Å². The summed E-state index contributed by atoms with van der Waals surface area (Å²) in [6.45, 7) is 2.01. The van der Waals surface area contributed by atoms with Gasteiger partial charge in [-0.05, 0) is 48.4 Å². The van der Waals surface area contributed by atoms with Crippen LogP contribution in [0, 0.1) is 6.92 Å². The lowest BCUT2D eigenvalue weighted by atomic mass is 10.2. The number of benzene rings is 2. The van der Waals surface area contributed by atoms with Crippen LogP contribution in [0.25, 0.3) is 0 Å². The molecule has 0 heterocycles. The smallest absolute Gasteiger partial charge is 0.261 e. The Morgan fingerprint density at radius 3 is 2.67 bits per heavy atom. The number of anilines is 1. The third-order valence-corrected chi connectivity index (χ3v) is 5.65. The van der Waals surface area contributed by atoms with E-state index < -0.39 is 10.0 Å². The molecule has 7 heteroatoms. The summed E-state index contributed by atoms with van der Waals surface area (Å²) in [5.74, 6) is 0. The van der Waals surface area contributed by atoms with Crippen molar-refractivity contribution >= 4 is 43.2 Å². The van der Waals surface area contributed by atoms with Gasteiger partial charge in [0.15, 0.2) is 0 Å². The highest BCUT2D eigenvalue weighted by molar-refractivity contribution is 9.10. The summed E-state index contributed by atoms with van der Waals surface area (Å²) in [7, 11) is -3.69. The molecule has 0 saturated carbocycles. The lowest BCUT2D eigenvalue weighted by Crippen LogP contribution is -2.14. The van der Waals surface area contributed by atoms with E-state index in [1.807, 2.05) is 13.0 Å². The van der Waals surface area contributed by atoms with Gasteiger partial charge < -0.3 is 5.73 Å². The molecule has 2 aromatic carbocycles. The fraction of sp³-hybridized carbons (Fsp3) is 0.143. The van der Waals surface area contributed by atoms with Gasteiger partial charge in [-0.1, -0.05) is 33.6 Å². The molecule has 0 spiro atoms. The summed E-state index contributed by atoms with van der Waals surface area (Å²) in [5, 5.41) is 0.454. The minimum Gasteiger partial charge on any atom is -0.326 e. The number of nitrogens with one attached hydrogen (secondary N) is 1. The average molecular weight is 390 g/mol. The Kier molecular flexibility index (Phi) is 4.93. The Labute approximate surface area is 137 Å². The molecule has 3 N–H and O–H groups in total. The molecule has 0 fully saturated rings. The molecule has 0 bridgehead atoms. The lowest BCUT2D eigenvalue weighted by Gasteiger charge is -2.12. The van der Waals surface area contributed by atoms with Crippen LogP contribution < -0.4 is 10.5 Å². The molecule has 0 radical (unpaired) electrons. The molecule has 0 saturated heterocycles. The van der Waals surface area contributed by atoms with Crippen LogP contribution in [0.15, 0.2) is 45.8 Å². The van der Waals surface area contributed by atoms with E-state index in [-0.39, 0.29) is 11.4 Å². The second-order valence-corrected chi connectivity index (χ2v) is 7.42. The number of sulfonamides is 1. The van der Waals surface area contributed by atoms with E-state index in [1.54, 1.807) is 12.1 Å². The average Bonchev–Trinajstić information content (AvgIpc) is 2.44. The predicted octanol–water partition coefficient (Wildman–Crippen LogP) is 3.67. The Balaban J connectivity index is 2.41. The highest BCUT2D eigenvalue weighted by atomic mass is 79.9. The molecule has 0 aliphatic heterocycles. The first-order chi connectivity index (χ1) is 9.85. The van der Waals surface area contributed by atoms with Gasteiger partial charge in [0.2, 0.25) is 0 Å². The minimum absolute atomic E-state index is 0.131. The van der Waals surface area contributed by atoms with Crippen molar-refractivity contribution in [3.05, 3.63) is 57.0 Å². The van der Waals surface area contributed by atoms with E-state index in [4.69, 9.17) is 17.3 Å². The predicted molar refractivity (Wildman–Crippen MR) is 89.0 cm³/mol. The fourth-order valence-corrected chi connectivity index (χ4v) is 3.53. The quantitative estimate of drug-likeness (QED) is 0.838. The number of hydrogen-bond acceptors (Lipinski definition) is 3. The maximum absolute atomic E-state index is 12.4. The molecule has 2 rings (SSSR count). The van der Waals surface area contributed by atoms with E-state index in [0.29, 0.717) is 16.3 Å². The summed E-state index contributed by atoms with van der Waals surface area (Å²) in [4.78, 5) is 0.131. The van der Waals surface area contributed by atoms with Crippen molar-refractivity contribution in [1.29, 1.82) is 0 Å². The number of hydrogen-bond donors (Lipinski definition) is 2. The van der Waals surface area contributed by atoms with E-state index in [0.717, 1.165) is 10.0 Å². The Morgan fingerprint density at radius 2 is 2.00 bits per heavy atom. The molecule has 0 aliphatic carbocycles. The minimum atomic E-state index is -3.69. The molecule has 21 heavy (non-hydrogen) atoms. The Morgan fingerprint density at radius 1 is 1.29 bits per heavy atom. The van der Waals surface area contributed by atoms with Crippen molar-refractivity contribution in [1.82, 2.24) is 0 Å². The van der Waals surface area contributed by atoms with E-state index in [1.165, 1.54) is 18.2 Å². The summed E-state index contributed by atoms with van der Waals surface area (Å²) in [6.07, 6.45) is 0. The molecule has 2 aromatic rings. The number of rotatable bonds is 4. The van der Waals surface area contributed by atoms with Gasteiger partial charge in [0.1, 0.15) is 0 Å². The molecule has 0 amide bonds. The monoisotopic (exact) mass is 388 g/mol. The number of halogens is 2. The van der Waals surface area contributed by atoms with Crippen LogP contribution >= 0.6 is 27.5 Å². The van der Waals surface area contributed by atoms with Crippen LogP contribution in [0.4, 0.5) is 5.69 Å². The van der Waals surface area contributed by atoms with Crippen molar-refractivity contribution in [2.75, 3.05) is 4.72 Å². The first kappa shape index (κ1) is 16.3. The zero-order valence-electron chi connectivity index (χ0n) is 11.2. The molecule has 0 aromatic heterocycles. The maximum atomic E-state index is 12.4. The molecule has 0 unspecified atom stereocenters. The van der Waals surface area contributed by atoms with Gasteiger partial charge in [0.25, 0.3) is 10.0 Å². The van der Waals surface area contributed by atoms with Gasteiger partial charge in [-0.15, -0.1) is 0 Å². The zero-order valence-corrected chi connectivity index (χ0v) is 14.4. The van der Waals surface area contributed by atoms with Crippen LogP contribution in [-0.2, 0) is 16.6 Å². The largest absolute Gasteiger partial charge is 0.326 e. The van der Waals surface area contributed by atoms with Crippen LogP contribution in [0.5, 0.6) is 0 Å². The van der Waals surface area contributed by atoms with Gasteiger partial charge in [0.05, 0.1) is 10.6 Å². The van der Waals surface area contributed by atoms with E-state index in [2.05, 4.69) is 20.7 Å². The van der Waals surface area contributed by atoms with Crippen LogP contribution in [0.3, 0.4) is 0 Å². The number of nitrogens with two attached hydrogens (primary N) is 1. The van der Waals surface area contributed by atoms with Crippen molar-refractivity contribution in [2.45, 2.75) is 18.4 Å². The topological polar surface area (TPSA) is 72.2 Å². The molecule has 0 aliphatic rings. The maximum Gasteiger partial charge on any atom is 0.261 e. The van der Waals surface area contributed by atoms with Crippen molar-refractivity contribution in [3.63, 3.8) is 0 Å². The first-order valence-corrected chi connectivity index (χ1v) is 8.77. The Hall–Kier alpha value is -1.08. The third-order valence-electron chi connectivity index (χ3n) is 3.06. The van der Waals surface area contributed by atoms with Crippen molar-refractivity contribution in [3.8, 4) is 0 Å². The van der Waals surface area contributed by atoms with Gasteiger partial charge >= 0.3 is 0 Å². The van der Waals surface area contributed by atoms with Crippen LogP contribution in [-0.4, -0.2) is 8.42 Å². The summed E-state index contributed by atoms with van der Waals surface area (Å²) >= 11 is 9.32. The molecular formula is C14H14BrClN2O2S. The first-order valence-electron chi connectivity index (χ1n) is 6.11. The van der Waals surface area contributed by atoms with Crippen molar-refractivity contribution in [2.24, 2.45) is 5.73 Å². The molecule has 0 atom stereocenters. The van der Waals surface area contributed by atoms with E-state index >= 15 is 0 Å². The van der Waals surface area contributed by atoms with Crippen LogP contribution in [0.1, 0.15) is 11.1 Å². The SMILES string of the molecule is Cc1c(Br)cccc1NS(=O)(=O)c1ccc(Cl)c(CN)c1. The lowest BCUT2D eigenvalue weighted by molar-refractivity contribution is 0.601. The summed E-state index contributed by atoms with van der Waals surface area (Å²) < 4.78 is 28.3. The second-order valence-electron chi connectivity index (χ2n) is 4.48. The van der Waals surface area contributed by atoms with Crippen molar-refractivity contribution < 1.29 is 8.42 Å². The standard InChI is InChI=1S/C14H14BrClN2O2S/c1-9-12(15)3-2-4-14(9)18-21(19,20)11-5-6-13(16)10(7-11)8-17/h2-7,18H,8,17H2,1H3. The third kappa shape index (κ3) is 3.58. The Bertz CT molecular complexity index is 779. The van der Waals surface area contributed by atoms with Gasteiger partial charge in [-0.25, -0.2) is 8.42 Å². The van der Waals surface area contributed by atoms with Gasteiger partial charge in [0, 0.05) is 16.0 Å². The molecular weight excluding hydrogens is 376 g/mol. The zero-order chi connectivity index (χ0) is 15.6. The highest BCUT2D eigenvalue weighted by Gasteiger charge is 2.17. The second kappa shape index (κ2) is 6.36. The summed E-state index contributed by atoms with van der Waals surface area (Å²) in [5.41, 5.74) is 7.48. The summed E-state index contributed by atoms with van der Waals surface area (Å²) in [6, 6.07) is 9.79. The van der Waals surface area contributed by atoms with Gasteiger partial charge in [-0.2, -0.15) is 0 Å². The normalized spacial score (nSPS) is 11.4. The fourth-order valence-electron chi connectivity index (χ4n) is 1.80. The van der Waals surface area contributed by atoms with Gasteiger partial charge in [-0.3, -0.25) is 4.72 Å². The molecule has 4 nitrogen and oxygen atoms in total.